The van der Waals surface area contributed by atoms with Crippen LogP contribution < -0.4 is 5.56 Å². The van der Waals surface area contributed by atoms with Crippen molar-refractivity contribution in [1.82, 2.24) is 9.55 Å². The Kier molecular flexibility index (Phi) is 3.52. The highest BCUT2D eigenvalue weighted by Gasteiger charge is 2.18. The van der Waals surface area contributed by atoms with E-state index < -0.39 is 0 Å². The largest absolute Gasteiger partial charge is 0.376 e. The number of aromatic nitrogens is 2. The Labute approximate surface area is 132 Å². The summed E-state index contributed by atoms with van der Waals surface area (Å²) >= 11 is 1.52. The first kappa shape index (κ1) is 13.7. The molecule has 3 aromatic rings. The second-order valence-corrected chi connectivity index (χ2v) is 6.39. The lowest BCUT2D eigenvalue weighted by molar-refractivity contribution is 0.0960. The SMILES string of the molecule is O=c1c2c(-c3ccccc3)csc2ncn1C[C@H]1CCCO1. The maximum Gasteiger partial charge on any atom is 0.262 e. The van der Waals surface area contributed by atoms with Crippen LogP contribution in [0.5, 0.6) is 0 Å². The molecule has 0 N–H and O–H groups in total. The van der Waals surface area contributed by atoms with Crippen molar-refractivity contribution in [3.63, 3.8) is 0 Å². The number of benzene rings is 1. The Balaban J connectivity index is 1.81. The molecule has 4 nitrogen and oxygen atoms in total. The van der Waals surface area contributed by atoms with Crippen molar-refractivity contribution in [2.24, 2.45) is 0 Å². The first-order chi connectivity index (χ1) is 10.8. The summed E-state index contributed by atoms with van der Waals surface area (Å²) in [5.41, 5.74) is 2.06. The Morgan fingerprint density at radius 3 is 2.95 bits per heavy atom. The zero-order chi connectivity index (χ0) is 14.9. The topological polar surface area (TPSA) is 44.1 Å². The van der Waals surface area contributed by atoms with E-state index in [1.807, 2.05) is 35.7 Å². The second-order valence-electron chi connectivity index (χ2n) is 5.53. The quantitative estimate of drug-likeness (QED) is 0.745. The van der Waals surface area contributed by atoms with Crippen molar-refractivity contribution in [2.45, 2.75) is 25.5 Å². The van der Waals surface area contributed by atoms with Gasteiger partial charge in [-0.25, -0.2) is 4.98 Å². The maximum atomic E-state index is 12.8. The lowest BCUT2D eigenvalue weighted by Crippen LogP contribution is -2.26. The molecule has 0 spiro atoms. The lowest BCUT2D eigenvalue weighted by atomic mass is 10.1. The third-order valence-electron chi connectivity index (χ3n) is 4.07. The molecule has 1 aliphatic rings. The highest BCUT2D eigenvalue weighted by Crippen LogP contribution is 2.30. The molecule has 0 saturated carbocycles. The van der Waals surface area contributed by atoms with Crippen LogP contribution in [0.15, 0.2) is 46.8 Å². The highest BCUT2D eigenvalue weighted by atomic mass is 32.1. The lowest BCUT2D eigenvalue weighted by Gasteiger charge is -2.11. The van der Waals surface area contributed by atoms with Crippen molar-refractivity contribution in [2.75, 3.05) is 6.61 Å². The third-order valence-corrected chi connectivity index (χ3v) is 4.96. The fraction of sp³-hybridized carbons (Fsp3) is 0.294. The number of ether oxygens (including phenoxy) is 1. The van der Waals surface area contributed by atoms with Gasteiger partial charge in [-0.2, -0.15) is 0 Å². The fourth-order valence-corrected chi connectivity index (χ4v) is 3.84. The zero-order valence-electron chi connectivity index (χ0n) is 12.1. The van der Waals surface area contributed by atoms with Gasteiger partial charge in [0.15, 0.2) is 0 Å². The number of hydrogen-bond donors (Lipinski definition) is 0. The minimum absolute atomic E-state index is 0.0283. The summed E-state index contributed by atoms with van der Waals surface area (Å²) in [5, 5.41) is 2.74. The van der Waals surface area contributed by atoms with Crippen LogP contribution in [-0.4, -0.2) is 22.3 Å². The van der Waals surface area contributed by atoms with E-state index in [2.05, 4.69) is 4.98 Å². The van der Waals surface area contributed by atoms with Gasteiger partial charge in [0.25, 0.3) is 5.56 Å². The molecule has 1 fully saturated rings. The van der Waals surface area contributed by atoms with Gasteiger partial charge in [0.05, 0.1) is 24.4 Å². The van der Waals surface area contributed by atoms with Gasteiger partial charge in [-0.1, -0.05) is 30.3 Å². The van der Waals surface area contributed by atoms with Crippen LogP contribution in [0.3, 0.4) is 0 Å². The van der Waals surface area contributed by atoms with E-state index in [0.717, 1.165) is 40.8 Å². The molecule has 1 saturated heterocycles. The summed E-state index contributed by atoms with van der Waals surface area (Å²) in [4.78, 5) is 18.1. The average Bonchev–Trinajstić information content (AvgIpc) is 3.21. The standard InChI is InChI=1S/C17H16N2O2S/c20-17-15-14(12-5-2-1-3-6-12)10-22-16(15)18-11-19(17)9-13-7-4-8-21-13/h1-3,5-6,10-11,13H,4,7-9H2/t13-/m1/s1. The van der Waals surface area contributed by atoms with Crippen LogP contribution in [0.4, 0.5) is 0 Å². The average molecular weight is 312 g/mol. The van der Waals surface area contributed by atoms with E-state index in [-0.39, 0.29) is 11.7 Å². The molecule has 2 aromatic heterocycles. The Morgan fingerprint density at radius 1 is 1.32 bits per heavy atom. The predicted molar refractivity (Wildman–Crippen MR) is 88.3 cm³/mol. The molecule has 4 rings (SSSR count). The number of fused-ring (bicyclic) bond motifs is 1. The second kappa shape index (κ2) is 5.66. The number of rotatable bonds is 3. The summed E-state index contributed by atoms with van der Waals surface area (Å²) in [6.07, 6.45) is 3.87. The molecule has 1 atom stereocenters. The van der Waals surface area contributed by atoms with Crippen molar-refractivity contribution in [1.29, 1.82) is 0 Å². The van der Waals surface area contributed by atoms with Gasteiger partial charge in [0.1, 0.15) is 4.83 Å². The predicted octanol–water partition coefficient (Wildman–Crippen LogP) is 3.30. The normalized spacial score (nSPS) is 18.1. The van der Waals surface area contributed by atoms with Crippen LogP contribution in [0.2, 0.25) is 0 Å². The zero-order valence-corrected chi connectivity index (χ0v) is 12.9. The first-order valence-corrected chi connectivity index (χ1v) is 8.34. The van der Waals surface area contributed by atoms with Gasteiger partial charge in [-0.3, -0.25) is 9.36 Å². The van der Waals surface area contributed by atoms with Crippen LogP contribution in [0.25, 0.3) is 21.3 Å². The number of hydrogen-bond acceptors (Lipinski definition) is 4. The molecule has 0 amide bonds. The minimum atomic E-state index is 0.0283. The van der Waals surface area contributed by atoms with Gasteiger partial charge < -0.3 is 4.74 Å². The third kappa shape index (κ3) is 2.36. The summed E-state index contributed by atoms with van der Waals surface area (Å²) in [6.45, 7) is 1.38. The summed E-state index contributed by atoms with van der Waals surface area (Å²) in [7, 11) is 0. The molecular formula is C17H16N2O2S. The van der Waals surface area contributed by atoms with Crippen molar-refractivity contribution >= 4 is 21.6 Å². The Morgan fingerprint density at radius 2 is 2.18 bits per heavy atom. The van der Waals surface area contributed by atoms with Crippen LogP contribution >= 0.6 is 11.3 Å². The first-order valence-electron chi connectivity index (χ1n) is 7.46. The molecule has 0 radical (unpaired) electrons. The molecule has 1 aromatic carbocycles. The van der Waals surface area contributed by atoms with Crippen molar-refractivity contribution in [3.8, 4) is 11.1 Å². The molecule has 0 unspecified atom stereocenters. The van der Waals surface area contributed by atoms with Gasteiger partial charge in [-0.05, 0) is 18.4 Å². The van der Waals surface area contributed by atoms with Gasteiger partial charge >= 0.3 is 0 Å². The maximum absolute atomic E-state index is 12.8. The minimum Gasteiger partial charge on any atom is -0.376 e. The molecule has 3 heterocycles. The van der Waals surface area contributed by atoms with Gasteiger partial charge in [-0.15, -0.1) is 11.3 Å². The Bertz CT molecular complexity index is 848. The van der Waals surface area contributed by atoms with Crippen molar-refractivity contribution < 1.29 is 4.74 Å². The molecule has 1 aliphatic heterocycles. The van der Waals surface area contributed by atoms with Crippen LogP contribution in [0.1, 0.15) is 12.8 Å². The molecule has 0 bridgehead atoms. The monoisotopic (exact) mass is 312 g/mol. The smallest absolute Gasteiger partial charge is 0.262 e. The van der Waals surface area contributed by atoms with E-state index in [1.54, 1.807) is 10.9 Å². The molecule has 22 heavy (non-hydrogen) atoms. The summed E-state index contributed by atoms with van der Waals surface area (Å²) < 4.78 is 7.33. The molecular weight excluding hydrogens is 296 g/mol. The van der Waals surface area contributed by atoms with E-state index in [9.17, 15) is 4.79 Å². The van der Waals surface area contributed by atoms with E-state index in [0.29, 0.717) is 6.54 Å². The molecule has 0 aliphatic carbocycles. The van der Waals surface area contributed by atoms with Crippen LogP contribution in [0, 0.1) is 0 Å². The van der Waals surface area contributed by atoms with E-state index >= 15 is 0 Å². The van der Waals surface area contributed by atoms with E-state index in [1.165, 1.54) is 11.3 Å². The molecule has 112 valence electrons. The summed E-state index contributed by atoms with van der Waals surface area (Å²) in [5.74, 6) is 0. The van der Waals surface area contributed by atoms with Gasteiger partial charge in [0.2, 0.25) is 0 Å². The van der Waals surface area contributed by atoms with Crippen LogP contribution in [-0.2, 0) is 11.3 Å². The number of thiophene rings is 1. The summed E-state index contributed by atoms with van der Waals surface area (Å²) in [6, 6.07) is 10.0. The van der Waals surface area contributed by atoms with Gasteiger partial charge in [0, 0.05) is 17.6 Å². The van der Waals surface area contributed by atoms with E-state index in [4.69, 9.17) is 4.74 Å². The van der Waals surface area contributed by atoms with Crippen molar-refractivity contribution in [3.05, 3.63) is 52.4 Å². The number of nitrogens with zero attached hydrogens (tertiary/aromatic N) is 2. The molecule has 5 heteroatoms. The highest BCUT2D eigenvalue weighted by molar-refractivity contribution is 7.17. The Hall–Kier alpha value is -1.98. The fourth-order valence-electron chi connectivity index (χ4n) is 2.94.